The van der Waals surface area contributed by atoms with Crippen LogP contribution in [0, 0.1) is 5.41 Å². The topological polar surface area (TPSA) is 49.9 Å². The van der Waals surface area contributed by atoms with Gasteiger partial charge in [-0.25, -0.2) is 0 Å². The summed E-state index contributed by atoms with van der Waals surface area (Å²) < 4.78 is 5.04. The Hall–Kier alpha value is -1.10. The molecule has 2 fully saturated rings. The Morgan fingerprint density at radius 3 is 2.27 bits per heavy atom. The number of hydrogen-bond acceptors (Lipinski definition) is 4. The van der Waals surface area contributed by atoms with Gasteiger partial charge in [0.05, 0.1) is 6.61 Å². The Bertz CT molecular complexity index is 414. The molecular weight excluding hydrogens is 280 g/mol. The Labute approximate surface area is 134 Å². The molecule has 0 aromatic rings. The lowest BCUT2D eigenvalue weighted by atomic mass is 9.90. The summed E-state index contributed by atoms with van der Waals surface area (Å²) in [6.07, 6.45) is 4.59. The van der Waals surface area contributed by atoms with Gasteiger partial charge in [0.2, 0.25) is 5.91 Å². The highest BCUT2D eigenvalue weighted by Gasteiger charge is 2.42. The van der Waals surface area contributed by atoms with Gasteiger partial charge in [0, 0.05) is 25.2 Å². The van der Waals surface area contributed by atoms with E-state index in [-0.39, 0.29) is 5.91 Å². The summed E-state index contributed by atoms with van der Waals surface area (Å²) in [7, 11) is 0. The number of likely N-dealkylation sites (tertiary alicyclic amines) is 2. The van der Waals surface area contributed by atoms with Gasteiger partial charge in [0.15, 0.2) is 0 Å². The number of hydrogen-bond donors (Lipinski definition) is 0. The quantitative estimate of drug-likeness (QED) is 0.589. The molecule has 1 atom stereocenters. The van der Waals surface area contributed by atoms with Crippen molar-refractivity contribution in [3.63, 3.8) is 0 Å². The average molecular weight is 310 g/mol. The van der Waals surface area contributed by atoms with E-state index in [4.69, 9.17) is 4.74 Å². The summed E-state index contributed by atoms with van der Waals surface area (Å²) in [6.45, 7) is 10.4. The second-order valence-corrected chi connectivity index (χ2v) is 7.10. The highest BCUT2D eigenvalue weighted by Crippen LogP contribution is 2.28. The van der Waals surface area contributed by atoms with E-state index in [2.05, 4.69) is 11.8 Å². The van der Waals surface area contributed by atoms with Gasteiger partial charge in [-0.15, -0.1) is 0 Å². The maximum atomic E-state index is 12.6. The van der Waals surface area contributed by atoms with Crippen LogP contribution in [-0.4, -0.2) is 60.0 Å². The number of nitrogens with zero attached hydrogens (tertiary/aromatic N) is 2. The standard InChI is InChI=1S/C17H30N2O3/c1-5-22-16(21)17(3,4)15(20)18-11-8-14(9-12-18)19-10-6-7-13(19)2/h13-14H,5-12H2,1-4H3. The smallest absolute Gasteiger partial charge is 0.321 e. The maximum absolute atomic E-state index is 12.6. The fourth-order valence-corrected chi connectivity index (χ4v) is 3.69. The van der Waals surface area contributed by atoms with Gasteiger partial charge in [-0.05, 0) is 59.9 Å². The minimum absolute atomic E-state index is 0.0983. The third-order valence-electron chi connectivity index (χ3n) is 5.15. The van der Waals surface area contributed by atoms with Crippen LogP contribution >= 0.6 is 0 Å². The third kappa shape index (κ3) is 3.45. The van der Waals surface area contributed by atoms with Gasteiger partial charge in [-0.3, -0.25) is 14.5 Å². The molecule has 5 nitrogen and oxygen atoms in total. The molecule has 0 aromatic heterocycles. The first-order chi connectivity index (χ1) is 10.4. The molecule has 1 amide bonds. The van der Waals surface area contributed by atoms with Gasteiger partial charge < -0.3 is 9.64 Å². The maximum Gasteiger partial charge on any atom is 0.321 e. The number of carbonyl (C=O) groups is 2. The molecule has 126 valence electrons. The van der Waals surface area contributed by atoms with Crippen LogP contribution in [-0.2, 0) is 14.3 Å². The summed E-state index contributed by atoms with van der Waals surface area (Å²) in [5.74, 6) is -0.519. The number of piperidine rings is 1. The molecule has 2 rings (SSSR count). The Morgan fingerprint density at radius 1 is 1.14 bits per heavy atom. The van der Waals surface area contributed by atoms with E-state index in [1.54, 1.807) is 20.8 Å². The van der Waals surface area contributed by atoms with Crippen molar-refractivity contribution in [2.75, 3.05) is 26.2 Å². The lowest BCUT2D eigenvalue weighted by molar-refractivity contribution is -0.163. The first-order valence-electron chi connectivity index (χ1n) is 8.60. The van der Waals surface area contributed by atoms with Gasteiger partial charge in [-0.2, -0.15) is 0 Å². The SMILES string of the molecule is CCOC(=O)C(C)(C)C(=O)N1CCC(N2CCCC2C)CC1. The predicted molar refractivity (Wildman–Crippen MR) is 85.4 cm³/mol. The molecule has 2 heterocycles. The Morgan fingerprint density at radius 2 is 1.77 bits per heavy atom. The van der Waals surface area contributed by atoms with Crippen LogP contribution in [0.4, 0.5) is 0 Å². The summed E-state index contributed by atoms with van der Waals surface area (Å²) in [6, 6.07) is 1.26. The molecule has 22 heavy (non-hydrogen) atoms. The number of ether oxygens (including phenoxy) is 1. The van der Waals surface area contributed by atoms with Crippen molar-refractivity contribution in [3.8, 4) is 0 Å². The molecule has 0 spiro atoms. The second-order valence-electron chi connectivity index (χ2n) is 7.10. The first kappa shape index (κ1) is 17.3. The highest BCUT2D eigenvalue weighted by molar-refractivity contribution is 6.01. The molecule has 2 aliphatic heterocycles. The molecule has 5 heteroatoms. The van der Waals surface area contributed by atoms with Crippen LogP contribution in [0.5, 0.6) is 0 Å². The molecule has 0 aromatic carbocycles. The van der Waals surface area contributed by atoms with Crippen LogP contribution < -0.4 is 0 Å². The lowest BCUT2D eigenvalue weighted by Crippen LogP contribution is -2.52. The molecule has 2 aliphatic rings. The van der Waals surface area contributed by atoms with Crippen molar-refractivity contribution in [2.24, 2.45) is 5.41 Å². The number of esters is 1. The highest BCUT2D eigenvalue weighted by atomic mass is 16.5. The van der Waals surface area contributed by atoms with E-state index < -0.39 is 11.4 Å². The average Bonchev–Trinajstić information content (AvgIpc) is 2.93. The van der Waals surface area contributed by atoms with Crippen LogP contribution in [0.1, 0.15) is 53.4 Å². The largest absolute Gasteiger partial charge is 0.465 e. The van der Waals surface area contributed by atoms with Crippen LogP contribution in [0.2, 0.25) is 0 Å². The Kier molecular flexibility index (Phi) is 5.48. The fourth-order valence-electron chi connectivity index (χ4n) is 3.69. The minimum atomic E-state index is -1.08. The van der Waals surface area contributed by atoms with E-state index in [0.717, 1.165) is 25.9 Å². The molecule has 0 aliphatic carbocycles. The number of carbonyl (C=O) groups excluding carboxylic acids is 2. The molecule has 1 unspecified atom stereocenters. The second kappa shape index (κ2) is 6.99. The lowest BCUT2D eigenvalue weighted by Gasteiger charge is -2.40. The van der Waals surface area contributed by atoms with Crippen LogP contribution in [0.25, 0.3) is 0 Å². The van der Waals surface area contributed by atoms with Crippen LogP contribution in [0.15, 0.2) is 0 Å². The van der Waals surface area contributed by atoms with Crippen molar-refractivity contribution in [2.45, 2.75) is 65.5 Å². The molecule has 0 saturated carbocycles. The van der Waals surface area contributed by atoms with E-state index in [0.29, 0.717) is 18.7 Å². The van der Waals surface area contributed by atoms with Crippen molar-refractivity contribution in [3.05, 3.63) is 0 Å². The van der Waals surface area contributed by atoms with Gasteiger partial charge >= 0.3 is 5.97 Å². The van der Waals surface area contributed by atoms with E-state index >= 15 is 0 Å². The summed E-state index contributed by atoms with van der Waals surface area (Å²) in [4.78, 5) is 29.1. The van der Waals surface area contributed by atoms with E-state index in [1.807, 2.05) is 4.90 Å². The van der Waals surface area contributed by atoms with E-state index in [9.17, 15) is 9.59 Å². The summed E-state index contributed by atoms with van der Waals surface area (Å²) in [5.41, 5.74) is -1.08. The number of amides is 1. The first-order valence-corrected chi connectivity index (χ1v) is 8.60. The van der Waals surface area contributed by atoms with Crippen molar-refractivity contribution >= 4 is 11.9 Å². The molecular formula is C17H30N2O3. The van der Waals surface area contributed by atoms with Crippen molar-refractivity contribution in [1.29, 1.82) is 0 Å². The fraction of sp³-hybridized carbons (Fsp3) is 0.882. The molecule has 2 saturated heterocycles. The van der Waals surface area contributed by atoms with Crippen molar-refractivity contribution < 1.29 is 14.3 Å². The normalized spacial score (nSPS) is 24.5. The summed E-state index contributed by atoms with van der Waals surface area (Å²) in [5, 5.41) is 0. The zero-order chi connectivity index (χ0) is 16.3. The monoisotopic (exact) mass is 310 g/mol. The zero-order valence-corrected chi connectivity index (χ0v) is 14.4. The minimum Gasteiger partial charge on any atom is -0.465 e. The van der Waals surface area contributed by atoms with Crippen molar-refractivity contribution in [1.82, 2.24) is 9.80 Å². The Balaban J connectivity index is 1.90. The molecule has 0 radical (unpaired) electrons. The van der Waals surface area contributed by atoms with Gasteiger partial charge in [0.1, 0.15) is 5.41 Å². The molecule has 0 bridgehead atoms. The van der Waals surface area contributed by atoms with E-state index in [1.165, 1.54) is 19.4 Å². The van der Waals surface area contributed by atoms with Crippen LogP contribution in [0.3, 0.4) is 0 Å². The predicted octanol–water partition coefficient (Wildman–Crippen LogP) is 2.05. The van der Waals surface area contributed by atoms with Gasteiger partial charge in [-0.1, -0.05) is 0 Å². The molecule has 0 N–H and O–H groups in total. The third-order valence-corrected chi connectivity index (χ3v) is 5.15. The number of rotatable bonds is 4. The van der Waals surface area contributed by atoms with Gasteiger partial charge in [0.25, 0.3) is 0 Å². The zero-order valence-electron chi connectivity index (χ0n) is 14.4. The summed E-state index contributed by atoms with van der Waals surface area (Å²) >= 11 is 0.